The van der Waals surface area contributed by atoms with Crippen molar-refractivity contribution >= 4 is 21.4 Å². The van der Waals surface area contributed by atoms with Crippen LogP contribution in [-0.2, 0) is 16.6 Å². The maximum absolute atomic E-state index is 12.0. The highest BCUT2D eigenvalue weighted by atomic mass is 32.2. The number of sulfonamides is 1. The lowest BCUT2D eigenvalue weighted by atomic mass is 10.3. The lowest BCUT2D eigenvalue weighted by Crippen LogP contribution is -2.25. The minimum absolute atomic E-state index is 0.371. The van der Waals surface area contributed by atoms with Gasteiger partial charge in [0.05, 0.1) is 4.90 Å². The predicted octanol–water partition coefficient (Wildman–Crippen LogP) is 1.09. The predicted molar refractivity (Wildman–Crippen MR) is 80.1 cm³/mol. The summed E-state index contributed by atoms with van der Waals surface area (Å²) in [4.78, 5) is 3.49. The van der Waals surface area contributed by atoms with Crippen LogP contribution < -0.4 is 10.0 Å². The van der Waals surface area contributed by atoms with Crippen LogP contribution >= 0.6 is 11.3 Å². The maximum atomic E-state index is 12.0. The van der Waals surface area contributed by atoms with Gasteiger partial charge in [-0.25, -0.2) is 13.1 Å². The second-order valence-electron chi connectivity index (χ2n) is 4.69. The molecular weight excluding hydrogens is 282 g/mol. The van der Waals surface area contributed by atoms with E-state index in [4.69, 9.17) is 0 Å². The molecule has 5 nitrogen and oxygen atoms in total. The maximum Gasteiger partial charge on any atom is 0.241 e. The molecule has 0 saturated carbocycles. The Kier molecular flexibility index (Phi) is 6.95. The first-order chi connectivity index (χ1) is 8.95. The third-order valence-corrected chi connectivity index (χ3v) is 5.14. The molecule has 0 bridgehead atoms. The molecule has 0 amide bonds. The average molecular weight is 305 g/mol. The van der Waals surface area contributed by atoms with Crippen molar-refractivity contribution in [1.29, 1.82) is 0 Å². The molecule has 0 aliphatic carbocycles. The van der Waals surface area contributed by atoms with E-state index in [1.54, 1.807) is 11.4 Å². The zero-order chi connectivity index (χ0) is 14.3. The average Bonchev–Trinajstić information content (AvgIpc) is 2.78. The van der Waals surface area contributed by atoms with Crippen LogP contribution in [0.3, 0.4) is 0 Å². The molecular formula is C12H23N3O2S2. The molecule has 0 atom stereocenters. The Balaban J connectivity index is 2.42. The van der Waals surface area contributed by atoms with E-state index in [0.29, 0.717) is 18.0 Å². The van der Waals surface area contributed by atoms with Gasteiger partial charge in [0.25, 0.3) is 0 Å². The Morgan fingerprint density at radius 2 is 2.05 bits per heavy atom. The fourth-order valence-corrected chi connectivity index (χ4v) is 3.97. The van der Waals surface area contributed by atoms with Gasteiger partial charge in [-0.1, -0.05) is 0 Å². The minimum atomic E-state index is -3.34. The molecule has 0 saturated heterocycles. The Morgan fingerprint density at radius 1 is 1.32 bits per heavy atom. The molecule has 0 aromatic carbocycles. The fraction of sp³-hybridized carbons (Fsp3) is 0.667. The summed E-state index contributed by atoms with van der Waals surface area (Å²) in [5.41, 5.74) is 0. The number of hydrogen-bond donors (Lipinski definition) is 2. The standard InChI is InChI=1S/C12H23N3O2S2/c1-13-9-11-8-12(10-18-11)19(16,17)14-6-4-5-7-15(2)3/h8,10,13-14H,4-7,9H2,1-3H3. The molecule has 0 radical (unpaired) electrons. The van der Waals surface area contributed by atoms with E-state index in [0.717, 1.165) is 24.3 Å². The molecule has 1 heterocycles. The van der Waals surface area contributed by atoms with Crippen molar-refractivity contribution in [3.63, 3.8) is 0 Å². The Morgan fingerprint density at radius 3 is 2.68 bits per heavy atom. The van der Waals surface area contributed by atoms with Crippen LogP contribution in [0.15, 0.2) is 16.3 Å². The van der Waals surface area contributed by atoms with Crippen LogP contribution in [-0.4, -0.2) is 47.6 Å². The smallest absolute Gasteiger partial charge is 0.241 e. The third kappa shape index (κ3) is 6.01. The third-order valence-electron chi connectivity index (χ3n) is 2.62. The molecule has 110 valence electrons. The van der Waals surface area contributed by atoms with Gasteiger partial charge < -0.3 is 10.2 Å². The van der Waals surface area contributed by atoms with Gasteiger partial charge in [0.1, 0.15) is 0 Å². The summed E-state index contributed by atoms with van der Waals surface area (Å²) in [6.45, 7) is 2.17. The van der Waals surface area contributed by atoms with Gasteiger partial charge in [-0.15, -0.1) is 11.3 Å². The number of nitrogens with one attached hydrogen (secondary N) is 2. The van der Waals surface area contributed by atoms with E-state index in [9.17, 15) is 8.42 Å². The number of nitrogens with zero attached hydrogens (tertiary/aromatic N) is 1. The van der Waals surface area contributed by atoms with Crippen molar-refractivity contribution in [2.75, 3.05) is 34.2 Å². The number of hydrogen-bond acceptors (Lipinski definition) is 5. The van der Waals surface area contributed by atoms with Crippen molar-refractivity contribution in [2.24, 2.45) is 0 Å². The Bertz CT molecular complexity index is 469. The second kappa shape index (κ2) is 7.96. The zero-order valence-corrected chi connectivity index (χ0v) is 13.4. The lowest BCUT2D eigenvalue weighted by Gasteiger charge is -2.09. The molecule has 0 aliphatic rings. The van der Waals surface area contributed by atoms with Crippen molar-refractivity contribution in [2.45, 2.75) is 24.3 Å². The van der Waals surface area contributed by atoms with Gasteiger partial charge in [-0.3, -0.25) is 0 Å². The van der Waals surface area contributed by atoms with Crippen molar-refractivity contribution in [3.05, 3.63) is 16.3 Å². The van der Waals surface area contributed by atoms with Crippen LogP contribution in [0.4, 0.5) is 0 Å². The summed E-state index contributed by atoms with van der Waals surface area (Å²) < 4.78 is 26.7. The first kappa shape index (κ1) is 16.6. The SMILES string of the molecule is CNCc1cc(S(=O)(=O)NCCCCN(C)C)cs1. The van der Waals surface area contributed by atoms with Gasteiger partial charge in [-0.2, -0.15) is 0 Å². The summed E-state index contributed by atoms with van der Waals surface area (Å²) in [6, 6.07) is 1.73. The van der Waals surface area contributed by atoms with E-state index in [1.807, 2.05) is 21.1 Å². The number of thiophene rings is 1. The van der Waals surface area contributed by atoms with Gasteiger partial charge in [0.15, 0.2) is 0 Å². The van der Waals surface area contributed by atoms with Crippen LogP contribution in [0.25, 0.3) is 0 Å². The van der Waals surface area contributed by atoms with Gasteiger partial charge in [0, 0.05) is 23.3 Å². The number of rotatable bonds is 9. The highest BCUT2D eigenvalue weighted by Gasteiger charge is 2.15. The highest BCUT2D eigenvalue weighted by Crippen LogP contribution is 2.18. The summed E-state index contributed by atoms with van der Waals surface area (Å²) >= 11 is 1.46. The van der Waals surface area contributed by atoms with Crippen molar-refractivity contribution < 1.29 is 8.42 Å². The Hall–Kier alpha value is -0.470. The highest BCUT2D eigenvalue weighted by molar-refractivity contribution is 7.89. The van der Waals surface area contributed by atoms with E-state index in [-0.39, 0.29) is 0 Å². The lowest BCUT2D eigenvalue weighted by molar-refractivity contribution is 0.394. The van der Waals surface area contributed by atoms with Crippen molar-refractivity contribution in [3.8, 4) is 0 Å². The Labute approximate surface area is 120 Å². The van der Waals surface area contributed by atoms with Crippen molar-refractivity contribution in [1.82, 2.24) is 14.9 Å². The molecule has 1 aromatic heterocycles. The molecule has 1 aromatic rings. The molecule has 2 N–H and O–H groups in total. The molecule has 0 unspecified atom stereocenters. The first-order valence-corrected chi connectivity index (χ1v) is 8.68. The van der Waals surface area contributed by atoms with E-state index in [2.05, 4.69) is 14.9 Å². The monoisotopic (exact) mass is 305 g/mol. The fourth-order valence-electron chi connectivity index (χ4n) is 1.61. The van der Waals surface area contributed by atoms with Crippen LogP contribution in [0.5, 0.6) is 0 Å². The quantitative estimate of drug-likeness (QED) is 0.671. The van der Waals surface area contributed by atoms with E-state index >= 15 is 0 Å². The summed E-state index contributed by atoms with van der Waals surface area (Å²) in [5.74, 6) is 0. The molecule has 7 heteroatoms. The summed E-state index contributed by atoms with van der Waals surface area (Å²) in [7, 11) is 2.53. The summed E-state index contributed by atoms with van der Waals surface area (Å²) in [6.07, 6.45) is 1.84. The van der Waals surface area contributed by atoms with Crippen LogP contribution in [0, 0.1) is 0 Å². The van der Waals surface area contributed by atoms with E-state index < -0.39 is 10.0 Å². The molecule has 1 rings (SSSR count). The molecule has 0 aliphatic heterocycles. The molecule has 0 fully saturated rings. The summed E-state index contributed by atoms with van der Waals surface area (Å²) in [5, 5.41) is 4.70. The first-order valence-electron chi connectivity index (χ1n) is 6.32. The number of unbranched alkanes of at least 4 members (excludes halogenated alkanes) is 1. The van der Waals surface area contributed by atoms with Crippen LogP contribution in [0.2, 0.25) is 0 Å². The van der Waals surface area contributed by atoms with Gasteiger partial charge >= 0.3 is 0 Å². The zero-order valence-electron chi connectivity index (χ0n) is 11.8. The van der Waals surface area contributed by atoms with Gasteiger partial charge in [0.2, 0.25) is 10.0 Å². The topological polar surface area (TPSA) is 61.4 Å². The van der Waals surface area contributed by atoms with Crippen LogP contribution in [0.1, 0.15) is 17.7 Å². The molecule has 0 spiro atoms. The second-order valence-corrected chi connectivity index (χ2v) is 7.45. The molecule has 19 heavy (non-hydrogen) atoms. The minimum Gasteiger partial charge on any atom is -0.315 e. The normalized spacial score (nSPS) is 12.2. The van der Waals surface area contributed by atoms with Gasteiger partial charge in [-0.05, 0) is 46.6 Å². The largest absolute Gasteiger partial charge is 0.315 e. The van der Waals surface area contributed by atoms with E-state index in [1.165, 1.54) is 11.3 Å².